The number of rotatable bonds is 1. The minimum atomic E-state index is -0.614. The molecule has 0 aliphatic heterocycles. The van der Waals surface area contributed by atoms with Crippen LogP contribution in [0.3, 0.4) is 0 Å². The number of fused-ring (bicyclic) bond motifs is 2. The van der Waals surface area contributed by atoms with E-state index in [1.807, 2.05) is 0 Å². The van der Waals surface area contributed by atoms with Gasteiger partial charge in [0.1, 0.15) is 0 Å². The lowest BCUT2D eigenvalue weighted by molar-refractivity contribution is -0.142. The van der Waals surface area contributed by atoms with Gasteiger partial charge in [0.25, 0.3) is 0 Å². The van der Waals surface area contributed by atoms with E-state index in [-0.39, 0.29) is 11.4 Å². The van der Waals surface area contributed by atoms with Gasteiger partial charge in [-0.15, -0.1) is 0 Å². The van der Waals surface area contributed by atoms with Crippen LogP contribution in [0.1, 0.15) is 12.8 Å². The van der Waals surface area contributed by atoms with E-state index in [9.17, 15) is 4.79 Å². The summed E-state index contributed by atoms with van der Waals surface area (Å²) < 4.78 is 0. The van der Waals surface area contributed by atoms with Crippen LogP contribution >= 0.6 is 0 Å². The second kappa shape index (κ2) is 2.66. The van der Waals surface area contributed by atoms with Crippen molar-refractivity contribution in [1.82, 2.24) is 0 Å². The summed E-state index contributed by atoms with van der Waals surface area (Å²) in [6, 6.07) is 0. The van der Waals surface area contributed by atoms with Gasteiger partial charge in [-0.05, 0) is 24.7 Å². The summed E-state index contributed by atoms with van der Waals surface area (Å²) in [4.78, 5) is 10.6. The lowest BCUT2D eigenvalue weighted by Crippen LogP contribution is -2.17. The van der Waals surface area contributed by atoms with Crippen LogP contribution in [-0.4, -0.2) is 16.6 Å². The van der Waals surface area contributed by atoms with Crippen LogP contribution in [0.2, 0.25) is 0 Å². The Labute approximate surface area is 65.0 Å². The number of allylic oxidation sites excluding steroid dienone is 2. The summed E-state index contributed by atoms with van der Waals surface area (Å²) in [6.45, 7) is 0. The van der Waals surface area contributed by atoms with Crippen molar-refractivity contribution in [2.45, 2.75) is 12.8 Å². The van der Waals surface area contributed by atoms with Crippen molar-refractivity contribution in [3.8, 4) is 0 Å². The normalized spacial score (nSPS) is 38.7. The molecule has 1 unspecified atom stereocenters. The molecule has 1 saturated carbocycles. The van der Waals surface area contributed by atoms with Crippen molar-refractivity contribution in [3.05, 3.63) is 12.2 Å². The maximum Gasteiger partial charge on any atom is 0.307 e. The second-order valence-electron chi connectivity index (χ2n) is 3.22. The van der Waals surface area contributed by atoms with Gasteiger partial charge in [-0.3, -0.25) is 4.79 Å². The zero-order valence-electron chi connectivity index (χ0n) is 6.16. The van der Waals surface area contributed by atoms with Gasteiger partial charge in [-0.1, -0.05) is 12.2 Å². The second-order valence-corrected chi connectivity index (χ2v) is 3.22. The molecule has 0 aromatic heterocycles. The van der Waals surface area contributed by atoms with E-state index in [1.165, 1.54) is 0 Å². The minimum absolute atomic E-state index is 0. The maximum atomic E-state index is 10.6. The molecule has 62 valence electrons. The van der Waals surface area contributed by atoms with Crippen LogP contribution in [0.4, 0.5) is 0 Å². The topological polar surface area (TPSA) is 68.8 Å². The predicted molar refractivity (Wildman–Crippen MR) is 40.1 cm³/mol. The average Bonchev–Trinajstić information content (AvgIpc) is 2.44. The predicted octanol–water partition coefficient (Wildman–Crippen LogP) is 0.458. The van der Waals surface area contributed by atoms with Crippen molar-refractivity contribution in [3.63, 3.8) is 0 Å². The summed E-state index contributed by atoms with van der Waals surface area (Å²) in [6.07, 6.45) is 6.17. The van der Waals surface area contributed by atoms with Gasteiger partial charge in [0.2, 0.25) is 0 Å². The lowest BCUT2D eigenvalue weighted by Gasteiger charge is -2.11. The van der Waals surface area contributed by atoms with Gasteiger partial charge in [-0.2, -0.15) is 0 Å². The summed E-state index contributed by atoms with van der Waals surface area (Å²) in [7, 11) is 0. The summed E-state index contributed by atoms with van der Waals surface area (Å²) in [5.74, 6) is 0.237. The van der Waals surface area contributed by atoms with Gasteiger partial charge in [-0.25, -0.2) is 0 Å². The molecule has 11 heavy (non-hydrogen) atoms. The number of hydrogen-bond donors (Lipinski definition) is 1. The molecule has 0 aromatic rings. The Hall–Kier alpha value is -0.830. The number of carboxylic acids is 1. The number of aliphatic carboxylic acids is 1. The van der Waals surface area contributed by atoms with E-state index < -0.39 is 5.97 Å². The first-order valence-electron chi connectivity index (χ1n) is 3.68. The van der Waals surface area contributed by atoms with E-state index in [4.69, 9.17) is 5.11 Å². The monoisotopic (exact) mass is 156 g/mol. The fourth-order valence-electron chi connectivity index (χ4n) is 2.06. The third kappa shape index (κ3) is 1.16. The molecule has 0 aromatic carbocycles. The van der Waals surface area contributed by atoms with Crippen LogP contribution in [0.15, 0.2) is 12.2 Å². The fraction of sp³-hybridized carbons (Fsp3) is 0.625. The highest BCUT2D eigenvalue weighted by Crippen LogP contribution is 2.43. The zero-order chi connectivity index (χ0) is 7.14. The maximum absolute atomic E-state index is 10.6. The third-order valence-corrected chi connectivity index (χ3v) is 2.60. The lowest BCUT2D eigenvalue weighted by atomic mass is 9.94. The number of carboxylic acid groups (broad SMARTS) is 1. The Morgan fingerprint density at radius 3 is 2.36 bits per heavy atom. The molecule has 3 heteroatoms. The van der Waals surface area contributed by atoms with Crippen LogP contribution in [0, 0.1) is 17.8 Å². The Morgan fingerprint density at radius 2 is 2.09 bits per heavy atom. The first-order chi connectivity index (χ1) is 4.77. The molecule has 0 spiro atoms. The van der Waals surface area contributed by atoms with E-state index in [1.54, 1.807) is 0 Å². The van der Waals surface area contributed by atoms with E-state index in [2.05, 4.69) is 12.2 Å². The quantitative estimate of drug-likeness (QED) is 0.560. The van der Waals surface area contributed by atoms with Crippen LogP contribution in [-0.2, 0) is 4.79 Å². The number of hydrogen-bond acceptors (Lipinski definition) is 1. The summed E-state index contributed by atoms with van der Waals surface area (Å²) in [5.41, 5.74) is 0. The molecule has 3 nitrogen and oxygen atoms in total. The Bertz CT molecular complexity index is 198. The molecule has 0 heterocycles. The first-order valence-corrected chi connectivity index (χ1v) is 3.68. The number of carbonyl (C=O) groups is 1. The molecule has 1 fully saturated rings. The molecule has 2 aliphatic carbocycles. The molecule has 0 radical (unpaired) electrons. The molecule has 3 N–H and O–H groups in total. The van der Waals surface area contributed by atoms with E-state index in [0.29, 0.717) is 11.8 Å². The Balaban J connectivity index is 0.000000605. The SMILES string of the molecule is O.O=C(O)C1C[C@@H]2C=C[C@H]1C2. The highest BCUT2D eigenvalue weighted by Gasteiger charge is 2.39. The van der Waals surface area contributed by atoms with Crippen LogP contribution in [0.25, 0.3) is 0 Å². The van der Waals surface area contributed by atoms with Gasteiger partial charge in [0.15, 0.2) is 0 Å². The highest BCUT2D eigenvalue weighted by molar-refractivity contribution is 5.71. The van der Waals surface area contributed by atoms with E-state index >= 15 is 0 Å². The molecular weight excluding hydrogens is 144 g/mol. The van der Waals surface area contributed by atoms with Gasteiger partial charge < -0.3 is 10.6 Å². The van der Waals surface area contributed by atoms with Gasteiger partial charge in [0, 0.05) is 0 Å². The standard InChI is InChI=1S/C8H10O2.H2O/c9-8(10)7-4-5-1-2-6(7)3-5;/h1-2,5-7H,3-4H2,(H,9,10);1H2/t5-,6+,7?;/m1./s1. The van der Waals surface area contributed by atoms with Crippen molar-refractivity contribution in [1.29, 1.82) is 0 Å². The first kappa shape index (κ1) is 8.27. The molecule has 2 bridgehead atoms. The molecule has 3 atom stereocenters. The third-order valence-electron chi connectivity index (χ3n) is 2.60. The molecule has 0 amide bonds. The van der Waals surface area contributed by atoms with Crippen LogP contribution < -0.4 is 0 Å². The zero-order valence-corrected chi connectivity index (χ0v) is 6.16. The Morgan fingerprint density at radius 1 is 1.36 bits per heavy atom. The van der Waals surface area contributed by atoms with Gasteiger partial charge in [0.05, 0.1) is 5.92 Å². The highest BCUT2D eigenvalue weighted by atomic mass is 16.4. The smallest absolute Gasteiger partial charge is 0.307 e. The van der Waals surface area contributed by atoms with E-state index in [0.717, 1.165) is 12.8 Å². The molecular formula is C8H12O3. The summed E-state index contributed by atoms with van der Waals surface area (Å²) in [5, 5.41) is 8.70. The summed E-state index contributed by atoms with van der Waals surface area (Å²) >= 11 is 0. The van der Waals surface area contributed by atoms with Gasteiger partial charge >= 0.3 is 5.97 Å². The van der Waals surface area contributed by atoms with Crippen molar-refractivity contribution in [2.24, 2.45) is 17.8 Å². The largest absolute Gasteiger partial charge is 0.481 e. The van der Waals surface area contributed by atoms with Crippen molar-refractivity contribution < 1.29 is 15.4 Å². The van der Waals surface area contributed by atoms with Crippen molar-refractivity contribution in [2.75, 3.05) is 0 Å². The minimum Gasteiger partial charge on any atom is -0.481 e. The molecule has 2 rings (SSSR count). The molecule has 2 aliphatic rings. The Kier molecular flexibility index (Phi) is 2.00. The average molecular weight is 156 g/mol. The fourth-order valence-corrected chi connectivity index (χ4v) is 2.06. The molecule has 0 saturated heterocycles. The van der Waals surface area contributed by atoms with Crippen molar-refractivity contribution >= 4 is 5.97 Å². The van der Waals surface area contributed by atoms with Crippen LogP contribution in [0.5, 0.6) is 0 Å².